The molecule has 2 aromatic carbocycles. The van der Waals surface area contributed by atoms with E-state index in [9.17, 15) is 10.1 Å². The second kappa shape index (κ2) is 10.3. The lowest BCUT2D eigenvalue weighted by Crippen LogP contribution is -2.41. The Hall–Kier alpha value is -3.24. The van der Waals surface area contributed by atoms with Crippen LogP contribution in [0.15, 0.2) is 42.5 Å². The molecule has 2 aliphatic heterocycles. The molecule has 2 saturated carbocycles. The van der Waals surface area contributed by atoms with Gasteiger partial charge in [0.1, 0.15) is 18.0 Å². The molecule has 4 aliphatic rings. The molecule has 2 unspecified atom stereocenters. The molecule has 3 atom stereocenters. The standard InChI is InChI=1S/C30H35N3O4/c1-19(20-5-6-20)36-30(34)32-22-9-7-21(8-10-22)29-27(18-31)26-12-11-25(37-24-13-15-35-16-14-24)17-28(26)33(29)23-3-2-4-23/h7-12,17,19-20,23-24,27,29H,2-6,13-16H2,1H3,(H,32,34)/t19-,27?,29?/m1/s1. The first-order valence-corrected chi connectivity index (χ1v) is 13.7. The van der Waals surface area contributed by atoms with E-state index in [2.05, 4.69) is 28.4 Å². The summed E-state index contributed by atoms with van der Waals surface area (Å²) in [4.78, 5) is 14.8. The zero-order valence-corrected chi connectivity index (χ0v) is 21.4. The van der Waals surface area contributed by atoms with E-state index in [1.807, 2.05) is 37.3 Å². The largest absolute Gasteiger partial charge is 0.490 e. The smallest absolute Gasteiger partial charge is 0.411 e. The van der Waals surface area contributed by atoms with Crippen LogP contribution in [-0.4, -0.2) is 37.6 Å². The minimum Gasteiger partial charge on any atom is -0.490 e. The van der Waals surface area contributed by atoms with Crippen LogP contribution in [0.25, 0.3) is 0 Å². The van der Waals surface area contributed by atoms with Crippen LogP contribution in [0, 0.1) is 17.2 Å². The molecule has 37 heavy (non-hydrogen) atoms. The summed E-state index contributed by atoms with van der Waals surface area (Å²) in [5, 5.41) is 13.1. The summed E-state index contributed by atoms with van der Waals surface area (Å²) in [6, 6.07) is 17.1. The van der Waals surface area contributed by atoms with Gasteiger partial charge in [-0.25, -0.2) is 4.79 Å². The fourth-order valence-corrected chi connectivity index (χ4v) is 5.87. The fourth-order valence-electron chi connectivity index (χ4n) is 5.87. The van der Waals surface area contributed by atoms with Gasteiger partial charge in [0.25, 0.3) is 0 Å². The Morgan fingerprint density at radius 2 is 1.84 bits per heavy atom. The first-order chi connectivity index (χ1) is 18.1. The van der Waals surface area contributed by atoms with Gasteiger partial charge in [-0.2, -0.15) is 5.26 Å². The van der Waals surface area contributed by atoms with Crippen LogP contribution >= 0.6 is 0 Å². The molecular weight excluding hydrogens is 466 g/mol. The lowest BCUT2D eigenvalue weighted by atomic mass is 9.87. The number of anilines is 2. The maximum absolute atomic E-state index is 12.3. The highest BCUT2D eigenvalue weighted by Crippen LogP contribution is 2.53. The Balaban J connectivity index is 1.22. The summed E-state index contributed by atoms with van der Waals surface area (Å²) in [7, 11) is 0. The first-order valence-electron chi connectivity index (χ1n) is 13.7. The molecule has 0 aromatic heterocycles. The number of rotatable bonds is 7. The van der Waals surface area contributed by atoms with Gasteiger partial charge >= 0.3 is 6.09 Å². The summed E-state index contributed by atoms with van der Waals surface area (Å²) in [6.07, 6.45) is 7.25. The summed E-state index contributed by atoms with van der Waals surface area (Å²) >= 11 is 0. The number of benzene rings is 2. The Kier molecular flexibility index (Phi) is 6.69. The number of nitrogens with zero attached hydrogens (tertiary/aromatic N) is 2. The topological polar surface area (TPSA) is 83.8 Å². The number of hydrogen-bond donors (Lipinski definition) is 1. The number of hydrogen-bond acceptors (Lipinski definition) is 6. The molecule has 7 nitrogen and oxygen atoms in total. The van der Waals surface area contributed by atoms with Gasteiger partial charge in [-0.1, -0.05) is 18.2 Å². The highest BCUT2D eigenvalue weighted by Gasteiger charge is 2.44. The minimum absolute atomic E-state index is 0.0518. The van der Waals surface area contributed by atoms with Crippen LogP contribution in [0.1, 0.15) is 75.0 Å². The fraction of sp³-hybridized carbons (Fsp3) is 0.533. The molecule has 2 aromatic rings. The third-order valence-electron chi connectivity index (χ3n) is 8.39. The van der Waals surface area contributed by atoms with Crippen molar-refractivity contribution in [3.63, 3.8) is 0 Å². The van der Waals surface area contributed by atoms with Gasteiger partial charge in [-0.3, -0.25) is 5.32 Å². The van der Waals surface area contributed by atoms with Crippen molar-refractivity contribution in [2.45, 2.75) is 82.1 Å². The van der Waals surface area contributed by atoms with Crippen LogP contribution in [-0.2, 0) is 9.47 Å². The highest BCUT2D eigenvalue weighted by atomic mass is 16.6. The second-order valence-corrected chi connectivity index (χ2v) is 10.9. The molecular formula is C30H35N3O4. The molecule has 194 valence electrons. The van der Waals surface area contributed by atoms with E-state index in [0.29, 0.717) is 17.6 Å². The maximum atomic E-state index is 12.3. The van der Waals surface area contributed by atoms with E-state index in [1.54, 1.807) is 0 Å². The molecule has 6 rings (SSSR count). The number of carbonyl (C=O) groups excluding carboxylic acids is 1. The third-order valence-corrected chi connectivity index (χ3v) is 8.39. The van der Waals surface area contributed by atoms with Crippen molar-refractivity contribution in [1.29, 1.82) is 5.26 Å². The summed E-state index contributed by atoms with van der Waals surface area (Å²) in [5.41, 5.74) is 3.96. The van der Waals surface area contributed by atoms with Crippen molar-refractivity contribution < 1.29 is 19.0 Å². The van der Waals surface area contributed by atoms with E-state index < -0.39 is 6.09 Å². The number of nitrogens with one attached hydrogen (secondary N) is 1. The first kappa shape index (κ1) is 24.1. The van der Waals surface area contributed by atoms with E-state index in [-0.39, 0.29) is 24.2 Å². The monoisotopic (exact) mass is 501 g/mol. The number of carbonyl (C=O) groups is 1. The van der Waals surface area contributed by atoms with E-state index in [0.717, 1.165) is 74.3 Å². The normalized spacial score (nSPS) is 24.5. The number of fused-ring (bicyclic) bond motifs is 1. The maximum Gasteiger partial charge on any atom is 0.411 e. The van der Waals surface area contributed by atoms with E-state index in [4.69, 9.17) is 14.2 Å². The molecule has 0 bridgehead atoms. The SMILES string of the molecule is C[C@@H](OC(=O)Nc1ccc(C2C(C#N)c3ccc(OC4CCOCC4)cc3N2C2CCC2)cc1)C1CC1. The summed E-state index contributed by atoms with van der Waals surface area (Å²) in [5.74, 6) is 1.10. The Morgan fingerprint density at radius 1 is 1.08 bits per heavy atom. The van der Waals surface area contributed by atoms with Gasteiger partial charge < -0.3 is 19.1 Å². The van der Waals surface area contributed by atoms with Gasteiger partial charge in [0, 0.05) is 36.3 Å². The number of nitriles is 1. The predicted molar refractivity (Wildman–Crippen MR) is 141 cm³/mol. The summed E-state index contributed by atoms with van der Waals surface area (Å²) < 4.78 is 17.3. The van der Waals surface area contributed by atoms with Crippen molar-refractivity contribution in [1.82, 2.24) is 0 Å². The van der Waals surface area contributed by atoms with Gasteiger partial charge in [0.2, 0.25) is 0 Å². The third kappa shape index (κ3) is 5.00. The van der Waals surface area contributed by atoms with Crippen LogP contribution < -0.4 is 15.0 Å². The van der Waals surface area contributed by atoms with Gasteiger partial charge in [-0.15, -0.1) is 0 Å². The van der Waals surface area contributed by atoms with Crippen molar-refractivity contribution in [3.8, 4) is 11.8 Å². The zero-order valence-electron chi connectivity index (χ0n) is 21.4. The molecule has 1 amide bonds. The molecule has 3 fully saturated rings. The predicted octanol–water partition coefficient (Wildman–Crippen LogP) is 6.31. The molecule has 1 saturated heterocycles. The average Bonchev–Trinajstić information content (AvgIpc) is 3.68. The quantitative estimate of drug-likeness (QED) is 0.478. The van der Waals surface area contributed by atoms with Crippen LogP contribution in [0.3, 0.4) is 0 Å². The average molecular weight is 502 g/mol. The van der Waals surface area contributed by atoms with Gasteiger partial charge in [0.05, 0.1) is 31.2 Å². The molecule has 0 spiro atoms. The minimum atomic E-state index is -0.413. The Labute approximate surface area is 218 Å². The summed E-state index contributed by atoms with van der Waals surface area (Å²) in [6.45, 7) is 3.43. The number of ether oxygens (including phenoxy) is 3. The number of amides is 1. The zero-order chi connectivity index (χ0) is 25.4. The van der Waals surface area contributed by atoms with Crippen molar-refractivity contribution >= 4 is 17.5 Å². The molecule has 2 heterocycles. The molecule has 0 radical (unpaired) electrons. The second-order valence-electron chi connectivity index (χ2n) is 10.9. The van der Waals surface area contributed by atoms with Crippen LogP contribution in [0.4, 0.5) is 16.2 Å². The molecule has 7 heteroatoms. The van der Waals surface area contributed by atoms with Crippen molar-refractivity contribution in [3.05, 3.63) is 53.6 Å². The van der Waals surface area contributed by atoms with Crippen LogP contribution in [0.5, 0.6) is 5.75 Å². The lowest BCUT2D eigenvalue weighted by Gasteiger charge is -2.41. The van der Waals surface area contributed by atoms with Crippen molar-refractivity contribution in [2.75, 3.05) is 23.4 Å². The van der Waals surface area contributed by atoms with Gasteiger partial charge in [-0.05, 0) is 74.3 Å². The molecule has 1 N–H and O–H groups in total. The van der Waals surface area contributed by atoms with Gasteiger partial charge in [0.15, 0.2) is 0 Å². The Bertz CT molecular complexity index is 1160. The Morgan fingerprint density at radius 3 is 2.49 bits per heavy atom. The lowest BCUT2D eigenvalue weighted by molar-refractivity contribution is 0.0256. The molecule has 2 aliphatic carbocycles. The highest BCUT2D eigenvalue weighted by molar-refractivity contribution is 5.84. The van der Waals surface area contributed by atoms with Crippen LogP contribution in [0.2, 0.25) is 0 Å². The van der Waals surface area contributed by atoms with Crippen molar-refractivity contribution in [2.24, 2.45) is 5.92 Å². The van der Waals surface area contributed by atoms with E-state index >= 15 is 0 Å². The van der Waals surface area contributed by atoms with E-state index in [1.165, 1.54) is 6.42 Å².